The third-order valence-electron chi connectivity index (χ3n) is 5.97. The van der Waals surface area contributed by atoms with Crippen LogP contribution in [0.1, 0.15) is 12.2 Å². The van der Waals surface area contributed by atoms with Crippen LogP contribution < -0.4 is 15.5 Å². The van der Waals surface area contributed by atoms with Crippen molar-refractivity contribution in [3.8, 4) is 5.75 Å². The number of aryl methyl sites for hydroxylation is 1. The molecule has 0 spiro atoms. The quantitative estimate of drug-likeness (QED) is 0.392. The van der Waals surface area contributed by atoms with Crippen molar-refractivity contribution in [1.29, 1.82) is 0 Å². The van der Waals surface area contributed by atoms with Gasteiger partial charge in [-0.15, -0.1) is 0 Å². The third-order valence-corrected chi connectivity index (χ3v) is 5.97. The van der Waals surface area contributed by atoms with E-state index < -0.39 is 0 Å². The minimum absolute atomic E-state index is 0.0116. The van der Waals surface area contributed by atoms with Crippen LogP contribution in [-0.2, 0) is 4.74 Å². The molecule has 0 amide bonds. The van der Waals surface area contributed by atoms with E-state index in [1.807, 2.05) is 37.3 Å². The molecular formula is C23H26N4O3. The Morgan fingerprint density at radius 3 is 2.83 bits per heavy atom. The predicted octanol–water partition coefficient (Wildman–Crippen LogP) is 2.89. The lowest BCUT2D eigenvalue weighted by molar-refractivity contribution is 0.0378. The van der Waals surface area contributed by atoms with Crippen molar-refractivity contribution in [2.45, 2.75) is 13.3 Å². The van der Waals surface area contributed by atoms with E-state index in [2.05, 4.69) is 14.6 Å². The van der Waals surface area contributed by atoms with Gasteiger partial charge in [0.2, 0.25) is 0 Å². The molecule has 0 saturated carbocycles. The molecule has 4 aromatic rings. The molecule has 0 atom stereocenters. The van der Waals surface area contributed by atoms with Gasteiger partial charge in [-0.2, -0.15) is 0 Å². The molecule has 7 heteroatoms. The van der Waals surface area contributed by atoms with Crippen molar-refractivity contribution in [3.63, 3.8) is 0 Å². The van der Waals surface area contributed by atoms with Crippen molar-refractivity contribution < 1.29 is 9.47 Å². The van der Waals surface area contributed by atoms with E-state index in [9.17, 15) is 4.79 Å². The first-order valence-electron chi connectivity index (χ1n) is 10.5. The van der Waals surface area contributed by atoms with Gasteiger partial charge in [0.15, 0.2) is 5.43 Å². The molecule has 0 aliphatic carbocycles. The molecule has 7 nitrogen and oxygen atoms in total. The predicted molar refractivity (Wildman–Crippen MR) is 119 cm³/mol. The maximum atomic E-state index is 13.5. The highest BCUT2D eigenvalue weighted by Crippen LogP contribution is 2.31. The Balaban J connectivity index is 1.53. The molecule has 0 radical (unpaired) electrons. The fourth-order valence-electron chi connectivity index (χ4n) is 4.46. The zero-order chi connectivity index (χ0) is 20.7. The second kappa shape index (κ2) is 7.74. The maximum Gasteiger partial charge on any atom is 0.199 e. The van der Waals surface area contributed by atoms with Gasteiger partial charge in [0.05, 0.1) is 47.6 Å². The average Bonchev–Trinajstić information content (AvgIpc) is 3.12. The number of imidazole rings is 1. The molecule has 2 aromatic heterocycles. The minimum Gasteiger partial charge on any atom is -0.497 e. The van der Waals surface area contributed by atoms with Crippen molar-refractivity contribution in [3.05, 3.63) is 46.4 Å². The Morgan fingerprint density at radius 1 is 1.20 bits per heavy atom. The molecule has 1 aliphatic rings. The van der Waals surface area contributed by atoms with E-state index in [0.717, 1.165) is 73.9 Å². The first kappa shape index (κ1) is 19.1. The van der Waals surface area contributed by atoms with Crippen LogP contribution in [-0.4, -0.2) is 60.8 Å². The van der Waals surface area contributed by atoms with Gasteiger partial charge in [-0.3, -0.25) is 14.1 Å². The lowest BCUT2D eigenvalue weighted by Crippen LogP contribution is -2.37. The lowest BCUT2D eigenvalue weighted by Gasteiger charge is -2.26. The largest absolute Gasteiger partial charge is 0.497 e. The number of nitrogens with zero attached hydrogens (tertiary/aromatic N) is 3. The first-order valence-corrected chi connectivity index (χ1v) is 10.5. The van der Waals surface area contributed by atoms with E-state index in [4.69, 9.17) is 14.5 Å². The van der Waals surface area contributed by atoms with Gasteiger partial charge in [0.25, 0.3) is 0 Å². The van der Waals surface area contributed by atoms with Gasteiger partial charge in [0, 0.05) is 25.3 Å². The Labute approximate surface area is 174 Å². The number of ether oxygens (including phenoxy) is 2. The number of rotatable bonds is 6. The van der Waals surface area contributed by atoms with Crippen LogP contribution in [0.3, 0.4) is 0 Å². The molecule has 1 N–H and O–H groups in total. The fourth-order valence-corrected chi connectivity index (χ4v) is 4.46. The summed E-state index contributed by atoms with van der Waals surface area (Å²) in [6.45, 7) is 7.42. The van der Waals surface area contributed by atoms with Crippen LogP contribution in [0.25, 0.3) is 27.3 Å². The van der Waals surface area contributed by atoms with Crippen LogP contribution in [0.2, 0.25) is 0 Å². The summed E-state index contributed by atoms with van der Waals surface area (Å²) in [5.74, 6) is 1.55. The van der Waals surface area contributed by atoms with Gasteiger partial charge in [-0.1, -0.05) is 0 Å². The summed E-state index contributed by atoms with van der Waals surface area (Å²) >= 11 is 0. The van der Waals surface area contributed by atoms with Crippen molar-refractivity contribution in [2.24, 2.45) is 0 Å². The normalized spacial score (nSPS) is 15.4. The number of hydrogen-bond donors (Lipinski definition) is 1. The van der Waals surface area contributed by atoms with Crippen molar-refractivity contribution >= 4 is 33.0 Å². The Morgan fingerprint density at radius 2 is 2.03 bits per heavy atom. The minimum atomic E-state index is 0.0116. The van der Waals surface area contributed by atoms with E-state index in [1.165, 1.54) is 0 Å². The lowest BCUT2D eigenvalue weighted by atomic mass is 10.1. The molecule has 3 heterocycles. The maximum absolute atomic E-state index is 13.5. The van der Waals surface area contributed by atoms with Gasteiger partial charge >= 0.3 is 0 Å². The molecule has 1 aliphatic heterocycles. The van der Waals surface area contributed by atoms with Crippen molar-refractivity contribution in [2.75, 3.05) is 51.8 Å². The number of morpholine rings is 1. The number of hydrogen-bond acceptors (Lipinski definition) is 6. The molecule has 0 bridgehead atoms. The summed E-state index contributed by atoms with van der Waals surface area (Å²) in [6.07, 6.45) is 1.01. The van der Waals surface area contributed by atoms with Crippen LogP contribution in [0, 0.1) is 6.92 Å². The van der Waals surface area contributed by atoms with Gasteiger partial charge in [-0.25, -0.2) is 4.98 Å². The summed E-state index contributed by atoms with van der Waals surface area (Å²) in [5.41, 5.74) is 3.46. The zero-order valence-electron chi connectivity index (χ0n) is 17.4. The number of methoxy groups -OCH3 is 1. The molecule has 30 heavy (non-hydrogen) atoms. The number of benzene rings is 2. The molecular weight excluding hydrogens is 380 g/mol. The van der Waals surface area contributed by atoms with Crippen LogP contribution in [0.4, 0.5) is 5.69 Å². The Hall–Kier alpha value is -2.90. The molecule has 1 saturated heterocycles. The second-order valence-corrected chi connectivity index (χ2v) is 7.80. The monoisotopic (exact) mass is 406 g/mol. The molecule has 2 aromatic carbocycles. The fraction of sp³-hybridized carbons (Fsp3) is 0.391. The molecule has 1 fully saturated rings. The van der Waals surface area contributed by atoms with E-state index in [-0.39, 0.29) is 5.43 Å². The molecule has 156 valence electrons. The summed E-state index contributed by atoms with van der Waals surface area (Å²) in [7, 11) is 1.62. The van der Waals surface area contributed by atoms with Crippen LogP contribution in [0.15, 0.2) is 35.1 Å². The van der Waals surface area contributed by atoms with Crippen LogP contribution >= 0.6 is 0 Å². The smallest absolute Gasteiger partial charge is 0.199 e. The van der Waals surface area contributed by atoms with Gasteiger partial charge in [0.1, 0.15) is 11.6 Å². The van der Waals surface area contributed by atoms with Gasteiger partial charge < -0.3 is 14.8 Å². The van der Waals surface area contributed by atoms with Crippen LogP contribution in [0.5, 0.6) is 5.75 Å². The first-order chi connectivity index (χ1) is 14.7. The Kier molecular flexibility index (Phi) is 4.92. The average molecular weight is 406 g/mol. The summed E-state index contributed by atoms with van der Waals surface area (Å²) in [5, 5.41) is 4.84. The zero-order valence-corrected chi connectivity index (χ0v) is 17.4. The summed E-state index contributed by atoms with van der Waals surface area (Å²) in [4.78, 5) is 20.6. The highest BCUT2D eigenvalue weighted by atomic mass is 16.5. The number of aromatic nitrogens is 2. The number of nitrogens with one attached hydrogen (secondary N) is 1. The Bertz CT molecular complexity index is 1260. The summed E-state index contributed by atoms with van der Waals surface area (Å²) < 4.78 is 12.9. The van der Waals surface area contributed by atoms with E-state index >= 15 is 0 Å². The third kappa shape index (κ3) is 3.14. The van der Waals surface area contributed by atoms with E-state index in [0.29, 0.717) is 16.5 Å². The standard InChI is InChI=1S/C23H26N4O3/c1-15-25-19-6-5-18(24-8-3-9-26-10-12-30-13-11-26)21-22(19)27(15)20-7-4-16(29-2)14-17(20)23(21)28/h4-7,14,24H,3,8-13H2,1-2H3. The van der Waals surface area contributed by atoms with Gasteiger partial charge in [-0.05, 0) is 50.2 Å². The van der Waals surface area contributed by atoms with Crippen molar-refractivity contribution in [1.82, 2.24) is 14.3 Å². The highest BCUT2D eigenvalue weighted by molar-refractivity contribution is 6.07. The second-order valence-electron chi connectivity index (χ2n) is 7.80. The summed E-state index contributed by atoms with van der Waals surface area (Å²) in [6, 6.07) is 9.61. The molecule has 5 rings (SSSR count). The number of pyridine rings is 1. The highest BCUT2D eigenvalue weighted by Gasteiger charge is 2.19. The van der Waals surface area contributed by atoms with E-state index in [1.54, 1.807) is 7.11 Å². The SMILES string of the molecule is COc1ccc2c(c1)c(=O)c1c(NCCCN3CCOCC3)ccc3nc(C)n2c31. The molecule has 0 unspecified atom stereocenters. The number of anilines is 1. The number of fused-ring (bicyclic) bond motifs is 2. The topological polar surface area (TPSA) is 68.1 Å².